The maximum atomic E-state index is 14.1. The van der Waals surface area contributed by atoms with E-state index < -0.39 is 0 Å². The Hall–Kier alpha value is -2.14. The molecule has 0 spiro atoms. The van der Waals surface area contributed by atoms with Crippen LogP contribution in [0.3, 0.4) is 0 Å². The summed E-state index contributed by atoms with van der Waals surface area (Å²) in [4.78, 5) is 13.9. The summed E-state index contributed by atoms with van der Waals surface area (Å²) in [6.07, 6.45) is 3.86. The molecule has 1 aliphatic heterocycles. The van der Waals surface area contributed by atoms with Crippen LogP contribution in [0.5, 0.6) is 0 Å². The second-order valence-corrected chi connectivity index (χ2v) is 6.46. The Morgan fingerprint density at radius 1 is 1.21 bits per heavy atom. The van der Waals surface area contributed by atoms with Crippen LogP contribution in [0.2, 0.25) is 0 Å². The molecule has 0 N–H and O–H groups in total. The summed E-state index contributed by atoms with van der Waals surface area (Å²) in [7, 11) is 0. The number of carbonyl (C=O) groups excluding carboxylic acids is 1. The van der Waals surface area contributed by atoms with E-state index in [2.05, 4.69) is 15.9 Å². The van der Waals surface area contributed by atoms with Crippen LogP contribution >= 0.6 is 15.9 Å². The predicted molar refractivity (Wildman–Crippen MR) is 94.1 cm³/mol. The fraction of sp³-hybridized carbons (Fsp3) is 0.211. The molecular weight excluding hydrogens is 373 g/mol. The number of nitrogens with zero attached hydrogens (tertiary/aromatic N) is 1. The Labute approximate surface area is 148 Å². The molecule has 1 atom stereocenters. The second kappa shape index (κ2) is 7.62. The highest BCUT2D eigenvalue weighted by Crippen LogP contribution is 2.23. The van der Waals surface area contributed by atoms with Crippen LogP contribution in [0.15, 0.2) is 65.2 Å². The van der Waals surface area contributed by atoms with E-state index in [1.807, 2.05) is 42.5 Å². The van der Waals surface area contributed by atoms with Gasteiger partial charge < -0.3 is 4.74 Å². The van der Waals surface area contributed by atoms with Gasteiger partial charge in [0.2, 0.25) is 0 Å². The molecule has 0 saturated heterocycles. The summed E-state index contributed by atoms with van der Waals surface area (Å²) in [5.41, 5.74) is 1.51. The zero-order chi connectivity index (χ0) is 16.9. The fourth-order valence-electron chi connectivity index (χ4n) is 2.69. The van der Waals surface area contributed by atoms with Crippen molar-refractivity contribution in [2.24, 2.45) is 0 Å². The standard InChI is InChI=1S/C19H17BrFNO2/c20-17-10-4-8-15(18(17)21)12-16-9-5-11-22(16)19(23)24-13-14-6-2-1-3-7-14/h1-10,16H,11-13H2. The highest BCUT2D eigenvalue weighted by atomic mass is 79.9. The minimum Gasteiger partial charge on any atom is -0.445 e. The smallest absolute Gasteiger partial charge is 0.410 e. The lowest BCUT2D eigenvalue weighted by Crippen LogP contribution is -2.37. The van der Waals surface area contributed by atoms with E-state index in [1.54, 1.807) is 23.1 Å². The molecule has 3 rings (SSSR count). The average Bonchev–Trinajstić information content (AvgIpc) is 3.06. The van der Waals surface area contributed by atoms with Crippen LogP contribution in [0.4, 0.5) is 9.18 Å². The number of carbonyl (C=O) groups is 1. The van der Waals surface area contributed by atoms with E-state index in [4.69, 9.17) is 4.74 Å². The molecule has 2 aromatic carbocycles. The molecule has 1 aliphatic rings. The molecule has 1 heterocycles. The monoisotopic (exact) mass is 389 g/mol. The number of ether oxygens (including phenoxy) is 1. The van der Waals surface area contributed by atoms with Gasteiger partial charge in [-0.2, -0.15) is 0 Å². The Bertz CT molecular complexity index is 748. The first-order chi connectivity index (χ1) is 11.6. The predicted octanol–water partition coefficient (Wildman–Crippen LogP) is 4.71. The number of halogens is 2. The molecule has 3 nitrogen and oxygen atoms in total. The van der Waals surface area contributed by atoms with Gasteiger partial charge in [0.1, 0.15) is 12.4 Å². The first-order valence-corrected chi connectivity index (χ1v) is 8.51. The maximum absolute atomic E-state index is 14.1. The Morgan fingerprint density at radius 3 is 2.79 bits per heavy atom. The van der Waals surface area contributed by atoms with Gasteiger partial charge in [0.25, 0.3) is 0 Å². The van der Waals surface area contributed by atoms with E-state index in [9.17, 15) is 9.18 Å². The van der Waals surface area contributed by atoms with Crippen LogP contribution in [-0.4, -0.2) is 23.6 Å². The van der Waals surface area contributed by atoms with Gasteiger partial charge in [-0.3, -0.25) is 4.90 Å². The molecule has 1 amide bonds. The highest BCUT2D eigenvalue weighted by molar-refractivity contribution is 9.10. The van der Waals surface area contributed by atoms with Gasteiger partial charge in [0, 0.05) is 6.54 Å². The van der Waals surface area contributed by atoms with Crippen LogP contribution < -0.4 is 0 Å². The molecule has 0 fully saturated rings. The second-order valence-electron chi connectivity index (χ2n) is 5.61. The first kappa shape index (κ1) is 16.7. The molecule has 0 bridgehead atoms. The molecule has 124 valence electrons. The van der Waals surface area contributed by atoms with Crippen LogP contribution in [0, 0.1) is 5.82 Å². The van der Waals surface area contributed by atoms with Gasteiger partial charge in [-0.15, -0.1) is 0 Å². The summed E-state index contributed by atoms with van der Waals surface area (Å²) in [5, 5.41) is 0. The van der Waals surface area contributed by atoms with E-state index in [0.717, 1.165) is 5.56 Å². The van der Waals surface area contributed by atoms with Gasteiger partial charge in [-0.25, -0.2) is 9.18 Å². The first-order valence-electron chi connectivity index (χ1n) is 7.72. The van der Waals surface area contributed by atoms with Crippen molar-refractivity contribution >= 4 is 22.0 Å². The molecule has 2 aromatic rings. The third kappa shape index (κ3) is 3.85. The topological polar surface area (TPSA) is 29.5 Å². The number of hydrogen-bond donors (Lipinski definition) is 0. The van der Waals surface area contributed by atoms with Crippen molar-refractivity contribution < 1.29 is 13.9 Å². The third-order valence-electron chi connectivity index (χ3n) is 3.96. The molecular formula is C19H17BrFNO2. The van der Waals surface area contributed by atoms with Crippen molar-refractivity contribution in [3.63, 3.8) is 0 Å². The van der Waals surface area contributed by atoms with Crippen LogP contribution in [-0.2, 0) is 17.8 Å². The Balaban J connectivity index is 1.63. The molecule has 0 aliphatic carbocycles. The number of hydrogen-bond acceptors (Lipinski definition) is 2. The fourth-order valence-corrected chi connectivity index (χ4v) is 3.10. The number of benzene rings is 2. The summed E-state index contributed by atoms with van der Waals surface area (Å²) < 4.78 is 20.0. The van der Waals surface area contributed by atoms with Crippen LogP contribution in [0.25, 0.3) is 0 Å². The summed E-state index contributed by atoms with van der Waals surface area (Å²) in [5.74, 6) is -0.282. The van der Waals surface area contributed by atoms with E-state index >= 15 is 0 Å². The van der Waals surface area contributed by atoms with Crippen LogP contribution in [0.1, 0.15) is 11.1 Å². The number of rotatable bonds is 4. The van der Waals surface area contributed by atoms with Crippen molar-refractivity contribution in [3.8, 4) is 0 Å². The molecule has 24 heavy (non-hydrogen) atoms. The summed E-state index contributed by atoms with van der Waals surface area (Å²) in [6, 6.07) is 14.5. The highest BCUT2D eigenvalue weighted by Gasteiger charge is 2.27. The van der Waals surface area contributed by atoms with Gasteiger partial charge in [-0.05, 0) is 39.5 Å². The molecule has 5 heteroatoms. The Morgan fingerprint density at radius 2 is 2.00 bits per heavy atom. The lowest BCUT2D eigenvalue weighted by atomic mass is 10.1. The van der Waals surface area contributed by atoms with Gasteiger partial charge in [-0.1, -0.05) is 54.6 Å². The SMILES string of the molecule is O=C(OCc1ccccc1)N1CC=CC1Cc1cccc(Br)c1F. The quantitative estimate of drug-likeness (QED) is 0.708. The normalized spacial score (nSPS) is 16.4. The average molecular weight is 390 g/mol. The summed E-state index contributed by atoms with van der Waals surface area (Å²) in [6.45, 7) is 0.710. The van der Waals surface area contributed by atoms with Crippen molar-refractivity contribution in [1.29, 1.82) is 0 Å². The van der Waals surface area contributed by atoms with Crippen molar-refractivity contribution in [1.82, 2.24) is 4.90 Å². The summed E-state index contributed by atoms with van der Waals surface area (Å²) >= 11 is 3.19. The van der Waals surface area contributed by atoms with Gasteiger partial charge in [0.15, 0.2) is 0 Å². The van der Waals surface area contributed by atoms with Crippen molar-refractivity contribution in [2.75, 3.05) is 6.54 Å². The number of amides is 1. The minimum absolute atomic E-state index is 0.197. The molecule has 0 radical (unpaired) electrons. The van der Waals surface area contributed by atoms with Gasteiger partial charge >= 0.3 is 6.09 Å². The van der Waals surface area contributed by atoms with E-state index in [-0.39, 0.29) is 24.6 Å². The molecule has 1 unspecified atom stereocenters. The van der Waals surface area contributed by atoms with Gasteiger partial charge in [0.05, 0.1) is 10.5 Å². The lowest BCUT2D eigenvalue weighted by Gasteiger charge is -2.24. The van der Waals surface area contributed by atoms with E-state index in [1.165, 1.54) is 0 Å². The van der Waals surface area contributed by atoms with Crippen molar-refractivity contribution in [2.45, 2.75) is 19.1 Å². The van der Waals surface area contributed by atoms with E-state index in [0.29, 0.717) is 23.0 Å². The largest absolute Gasteiger partial charge is 0.445 e. The maximum Gasteiger partial charge on any atom is 0.410 e. The molecule has 0 saturated carbocycles. The minimum atomic E-state index is -0.385. The zero-order valence-electron chi connectivity index (χ0n) is 13.0. The zero-order valence-corrected chi connectivity index (χ0v) is 14.6. The van der Waals surface area contributed by atoms with Crippen molar-refractivity contribution in [3.05, 3.63) is 82.1 Å². The molecule has 0 aromatic heterocycles. The Kier molecular flexibility index (Phi) is 5.30. The third-order valence-corrected chi connectivity index (χ3v) is 4.57. The lowest BCUT2D eigenvalue weighted by molar-refractivity contribution is 0.0948.